The predicted molar refractivity (Wildman–Crippen MR) is 116 cm³/mol. The Morgan fingerprint density at radius 2 is 1.72 bits per heavy atom. The summed E-state index contributed by atoms with van der Waals surface area (Å²) in [6.45, 7) is 3.08. The summed E-state index contributed by atoms with van der Waals surface area (Å²) in [5, 5.41) is 2.99. The van der Waals surface area contributed by atoms with Crippen LogP contribution in [0.2, 0.25) is 0 Å². The van der Waals surface area contributed by atoms with Crippen molar-refractivity contribution in [3.05, 3.63) is 54.1 Å². The summed E-state index contributed by atoms with van der Waals surface area (Å²) >= 11 is 0. The third kappa shape index (κ3) is 5.30. The second-order valence-electron chi connectivity index (χ2n) is 7.86. The van der Waals surface area contributed by atoms with Gasteiger partial charge in [0.15, 0.2) is 6.61 Å². The summed E-state index contributed by atoms with van der Waals surface area (Å²) < 4.78 is 11.1. The van der Waals surface area contributed by atoms with E-state index in [1.165, 1.54) is 37.7 Å². The zero-order valence-corrected chi connectivity index (χ0v) is 16.9. The lowest BCUT2D eigenvalue weighted by Crippen LogP contribution is -2.36. The highest BCUT2D eigenvalue weighted by molar-refractivity contribution is 5.95. The molecule has 2 aromatic rings. The van der Waals surface area contributed by atoms with E-state index in [0.717, 1.165) is 30.2 Å². The van der Waals surface area contributed by atoms with Crippen molar-refractivity contribution in [1.29, 1.82) is 0 Å². The molecule has 1 amide bonds. The van der Waals surface area contributed by atoms with E-state index in [9.17, 15) is 4.79 Å². The van der Waals surface area contributed by atoms with Crippen molar-refractivity contribution in [1.82, 2.24) is 0 Å². The van der Waals surface area contributed by atoms with Gasteiger partial charge in [0.2, 0.25) is 0 Å². The van der Waals surface area contributed by atoms with Gasteiger partial charge in [0.1, 0.15) is 5.75 Å². The number of nitrogens with one attached hydrogen (secondary N) is 1. The molecule has 5 nitrogen and oxygen atoms in total. The molecule has 5 heteroatoms. The quantitative estimate of drug-likeness (QED) is 0.779. The van der Waals surface area contributed by atoms with Gasteiger partial charge in [0.25, 0.3) is 5.91 Å². The third-order valence-corrected chi connectivity index (χ3v) is 5.86. The SMILES string of the molecule is O=C(COc1ccc(C2CCCCC2)cc1)Nc1ccccc1N1CCOCC1. The Morgan fingerprint density at radius 1 is 1.00 bits per heavy atom. The molecule has 2 aliphatic rings. The number of hydrogen-bond acceptors (Lipinski definition) is 4. The zero-order valence-electron chi connectivity index (χ0n) is 16.9. The van der Waals surface area contributed by atoms with E-state index in [1.807, 2.05) is 36.4 Å². The number of anilines is 2. The lowest BCUT2D eigenvalue weighted by Gasteiger charge is -2.30. The van der Waals surface area contributed by atoms with Crippen molar-refractivity contribution < 1.29 is 14.3 Å². The molecule has 29 heavy (non-hydrogen) atoms. The molecule has 0 bridgehead atoms. The van der Waals surface area contributed by atoms with Crippen molar-refractivity contribution >= 4 is 17.3 Å². The van der Waals surface area contributed by atoms with E-state index in [4.69, 9.17) is 9.47 Å². The van der Waals surface area contributed by atoms with E-state index < -0.39 is 0 Å². The molecule has 0 atom stereocenters. The summed E-state index contributed by atoms with van der Waals surface area (Å²) in [6, 6.07) is 16.2. The average Bonchev–Trinajstić information content (AvgIpc) is 2.80. The summed E-state index contributed by atoms with van der Waals surface area (Å²) in [4.78, 5) is 14.7. The zero-order chi connectivity index (χ0) is 19.9. The maximum Gasteiger partial charge on any atom is 0.262 e. The Kier molecular flexibility index (Phi) is 6.67. The second kappa shape index (κ2) is 9.79. The number of carbonyl (C=O) groups excluding carboxylic acids is 1. The van der Waals surface area contributed by atoms with Crippen LogP contribution in [0.15, 0.2) is 48.5 Å². The van der Waals surface area contributed by atoms with Crippen LogP contribution in [-0.4, -0.2) is 38.8 Å². The highest BCUT2D eigenvalue weighted by atomic mass is 16.5. The van der Waals surface area contributed by atoms with Gasteiger partial charge >= 0.3 is 0 Å². The maximum atomic E-state index is 12.5. The number of carbonyl (C=O) groups is 1. The van der Waals surface area contributed by atoms with E-state index in [2.05, 4.69) is 22.3 Å². The molecular weight excluding hydrogens is 364 g/mol. The Morgan fingerprint density at radius 3 is 2.48 bits per heavy atom. The second-order valence-corrected chi connectivity index (χ2v) is 7.86. The van der Waals surface area contributed by atoms with Crippen LogP contribution in [-0.2, 0) is 9.53 Å². The first-order valence-corrected chi connectivity index (χ1v) is 10.7. The molecule has 2 fully saturated rings. The van der Waals surface area contributed by atoms with Gasteiger partial charge < -0.3 is 19.7 Å². The van der Waals surface area contributed by atoms with Crippen LogP contribution in [0.25, 0.3) is 0 Å². The molecule has 154 valence electrons. The van der Waals surface area contributed by atoms with Gasteiger partial charge in [-0.15, -0.1) is 0 Å². The van der Waals surface area contributed by atoms with Crippen LogP contribution in [0.4, 0.5) is 11.4 Å². The van der Waals surface area contributed by atoms with E-state index in [0.29, 0.717) is 19.1 Å². The largest absolute Gasteiger partial charge is 0.484 e. The standard InChI is InChI=1S/C24H30N2O3/c27-24(25-22-8-4-5-9-23(22)26-14-16-28-17-15-26)18-29-21-12-10-20(11-13-21)19-6-2-1-3-7-19/h4-5,8-13,19H,1-3,6-7,14-18H2,(H,25,27). The van der Waals surface area contributed by atoms with Crippen LogP contribution in [0, 0.1) is 0 Å². The lowest BCUT2D eigenvalue weighted by molar-refractivity contribution is -0.118. The molecule has 1 saturated heterocycles. The summed E-state index contributed by atoms with van der Waals surface area (Å²) in [5.41, 5.74) is 3.23. The summed E-state index contributed by atoms with van der Waals surface area (Å²) in [7, 11) is 0. The molecule has 4 rings (SSSR count). The van der Waals surface area contributed by atoms with E-state index in [1.54, 1.807) is 0 Å². The highest BCUT2D eigenvalue weighted by Crippen LogP contribution is 2.33. The minimum atomic E-state index is -0.151. The molecule has 0 unspecified atom stereocenters. The number of ether oxygens (including phenoxy) is 2. The Labute approximate surface area is 173 Å². The topological polar surface area (TPSA) is 50.8 Å². The average molecular weight is 395 g/mol. The number of morpholine rings is 1. The van der Waals surface area contributed by atoms with Crippen molar-refractivity contribution in [2.24, 2.45) is 0 Å². The van der Waals surface area contributed by atoms with Crippen LogP contribution in [0.3, 0.4) is 0 Å². The van der Waals surface area contributed by atoms with Crippen molar-refractivity contribution in [2.75, 3.05) is 43.1 Å². The molecule has 1 N–H and O–H groups in total. The fourth-order valence-corrected chi connectivity index (χ4v) is 4.27. The molecule has 0 radical (unpaired) electrons. The molecule has 0 aromatic heterocycles. The fraction of sp³-hybridized carbons (Fsp3) is 0.458. The Bertz CT molecular complexity index is 794. The molecule has 1 aliphatic heterocycles. The fourth-order valence-electron chi connectivity index (χ4n) is 4.27. The summed E-state index contributed by atoms with van der Waals surface area (Å²) in [6.07, 6.45) is 6.59. The van der Waals surface area contributed by atoms with E-state index >= 15 is 0 Å². The third-order valence-electron chi connectivity index (χ3n) is 5.86. The van der Waals surface area contributed by atoms with Crippen LogP contribution in [0.1, 0.15) is 43.6 Å². The number of benzene rings is 2. The molecular formula is C24H30N2O3. The number of nitrogens with zero attached hydrogens (tertiary/aromatic N) is 1. The van der Waals surface area contributed by atoms with Crippen LogP contribution in [0.5, 0.6) is 5.75 Å². The lowest BCUT2D eigenvalue weighted by atomic mass is 9.84. The monoisotopic (exact) mass is 394 g/mol. The number of para-hydroxylation sites is 2. The molecule has 1 heterocycles. The maximum absolute atomic E-state index is 12.5. The first-order valence-electron chi connectivity index (χ1n) is 10.7. The van der Waals surface area contributed by atoms with Gasteiger partial charge in [-0.2, -0.15) is 0 Å². The molecule has 1 saturated carbocycles. The van der Waals surface area contributed by atoms with Crippen LogP contribution < -0.4 is 15.0 Å². The van der Waals surface area contributed by atoms with E-state index in [-0.39, 0.29) is 12.5 Å². The van der Waals surface area contributed by atoms with Crippen molar-refractivity contribution in [3.8, 4) is 5.75 Å². The number of rotatable bonds is 6. The van der Waals surface area contributed by atoms with Crippen LogP contribution >= 0.6 is 0 Å². The predicted octanol–water partition coefficient (Wildman–Crippen LogP) is 4.59. The van der Waals surface area contributed by atoms with Gasteiger partial charge in [-0.05, 0) is 48.6 Å². The molecule has 2 aromatic carbocycles. The Hall–Kier alpha value is -2.53. The van der Waals surface area contributed by atoms with Gasteiger partial charge in [-0.25, -0.2) is 0 Å². The Balaban J connectivity index is 1.31. The summed E-state index contributed by atoms with van der Waals surface area (Å²) in [5.74, 6) is 1.26. The van der Waals surface area contributed by atoms with Crippen molar-refractivity contribution in [3.63, 3.8) is 0 Å². The minimum Gasteiger partial charge on any atom is -0.484 e. The van der Waals surface area contributed by atoms with Crippen molar-refractivity contribution in [2.45, 2.75) is 38.0 Å². The highest BCUT2D eigenvalue weighted by Gasteiger charge is 2.17. The van der Waals surface area contributed by atoms with Gasteiger partial charge in [-0.1, -0.05) is 43.5 Å². The van der Waals surface area contributed by atoms with Gasteiger partial charge in [-0.3, -0.25) is 4.79 Å². The van der Waals surface area contributed by atoms with Gasteiger partial charge in [0.05, 0.1) is 24.6 Å². The first-order chi connectivity index (χ1) is 14.3. The number of hydrogen-bond donors (Lipinski definition) is 1. The molecule has 0 spiro atoms. The first kappa shape index (κ1) is 19.8. The normalized spacial score (nSPS) is 17.7. The smallest absolute Gasteiger partial charge is 0.262 e. The van der Waals surface area contributed by atoms with Gasteiger partial charge in [0, 0.05) is 13.1 Å². The molecule has 1 aliphatic carbocycles. The number of amides is 1. The minimum absolute atomic E-state index is 0.000219.